The summed E-state index contributed by atoms with van der Waals surface area (Å²) in [7, 11) is 1.73. The molecule has 4 rings (SSSR count). The van der Waals surface area contributed by atoms with Crippen LogP contribution in [-0.4, -0.2) is 23.4 Å². The summed E-state index contributed by atoms with van der Waals surface area (Å²) in [6.07, 6.45) is 3.24. The molecule has 6 heteroatoms. The first-order valence-corrected chi connectivity index (χ1v) is 10.2. The van der Waals surface area contributed by atoms with Crippen molar-refractivity contribution in [2.45, 2.75) is 39.8 Å². The summed E-state index contributed by atoms with van der Waals surface area (Å²) in [5.74, 6) is -0.507. The van der Waals surface area contributed by atoms with E-state index in [-0.39, 0.29) is 23.4 Å². The van der Waals surface area contributed by atoms with Gasteiger partial charge in [0.05, 0.1) is 11.2 Å². The summed E-state index contributed by atoms with van der Waals surface area (Å²) in [4.78, 5) is 40.2. The van der Waals surface area contributed by atoms with E-state index in [2.05, 4.69) is 12.2 Å². The maximum absolute atomic E-state index is 13.2. The number of carbonyl (C=O) groups is 2. The van der Waals surface area contributed by atoms with Gasteiger partial charge in [0, 0.05) is 25.2 Å². The second-order valence-electron chi connectivity index (χ2n) is 7.88. The molecule has 0 unspecified atom stereocenters. The van der Waals surface area contributed by atoms with Crippen LogP contribution in [0.1, 0.15) is 40.4 Å². The predicted octanol–water partition coefficient (Wildman–Crippen LogP) is 3.17. The average molecular weight is 403 g/mol. The molecular weight excluding hydrogens is 378 g/mol. The highest BCUT2D eigenvalue weighted by molar-refractivity contribution is 6.07. The Kier molecular flexibility index (Phi) is 5.16. The second kappa shape index (κ2) is 7.78. The van der Waals surface area contributed by atoms with Crippen molar-refractivity contribution in [3.63, 3.8) is 0 Å². The number of nitrogens with one attached hydrogen (secondary N) is 1. The highest BCUT2D eigenvalue weighted by Gasteiger charge is 2.26. The van der Waals surface area contributed by atoms with Crippen molar-refractivity contribution < 1.29 is 9.59 Å². The Morgan fingerprint density at radius 1 is 1.10 bits per heavy atom. The van der Waals surface area contributed by atoms with Crippen molar-refractivity contribution in [2.24, 2.45) is 0 Å². The Bertz CT molecular complexity index is 1210. The molecule has 1 N–H and O–H groups in total. The van der Waals surface area contributed by atoms with Gasteiger partial charge in [-0.1, -0.05) is 43.2 Å². The van der Waals surface area contributed by atoms with Crippen molar-refractivity contribution >= 4 is 28.4 Å². The van der Waals surface area contributed by atoms with Crippen LogP contribution < -0.4 is 15.6 Å². The molecule has 0 radical (unpaired) electrons. The van der Waals surface area contributed by atoms with E-state index in [9.17, 15) is 14.4 Å². The summed E-state index contributed by atoms with van der Waals surface area (Å²) in [6, 6.07) is 11.7. The Balaban J connectivity index is 1.77. The predicted molar refractivity (Wildman–Crippen MR) is 118 cm³/mol. The zero-order valence-corrected chi connectivity index (χ0v) is 17.5. The van der Waals surface area contributed by atoms with Gasteiger partial charge in [0.15, 0.2) is 0 Å². The zero-order chi connectivity index (χ0) is 21.4. The summed E-state index contributed by atoms with van der Waals surface area (Å²) < 4.78 is 1.73. The van der Waals surface area contributed by atoms with E-state index in [0.717, 1.165) is 35.2 Å². The number of pyridine rings is 1. The third-order valence-electron chi connectivity index (χ3n) is 5.61. The molecule has 154 valence electrons. The van der Waals surface area contributed by atoms with Crippen molar-refractivity contribution in [3.8, 4) is 0 Å². The number of hydrogen-bond donors (Lipinski definition) is 1. The van der Waals surface area contributed by atoms with E-state index in [1.807, 2.05) is 43.3 Å². The van der Waals surface area contributed by atoms with E-state index in [1.54, 1.807) is 16.5 Å². The van der Waals surface area contributed by atoms with Crippen LogP contribution in [-0.2, 0) is 24.3 Å². The molecule has 0 saturated carbocycles. The minimum Gasteiger partial charge on any atom is -0.348 e. The standard InChI is InChI=1S/C24H25N3O3/c1-4-5-17-10-18-22-20(11-17)26(3)21(28)14-27(22)13-19(23(18)29)24(30)25-12-16-8-6-15(2)7-9-16/h6-11,13H,4-5,12,14H2,1-3H3,(H,25,30). The lowest BCUT2D eigenvalue weighted by molar-refractivity contribution is -0.119. The van der Waals surface area contributed by atoms with E-state index >= 15 is 0 Å². The highest BCUT2D eigenvalue weighted by Crippen LogP contribution is 2.31. The molecule has 0 fully saturated rings. The summed E-state index contributed by atoms with van der Waals surface area (Å²) in [5, 5.41) is 3.32. The fourth-order valence-corrected chi connectivity index (χ4v) is 3.92. The number of likely N-dealkylation sites (N-methyl/N-ethyl adjacent to an activating group) is 1. The van der Waals surface area contributed by atoms with Crippen LogP contribution >= 0.6 is 0 Å². The summed E-state index contributed by atoms with van der Waals surface area (Å²) in [6.45, 7) is 4.51. The van der Waals surface area contributed by atoms with Gasteiger partial charge in [-0.05, 0) is 36.6 Å². The van der Waals surface area contributed by atoms with Crippen LogP contribution in [0.2, 0.25) is 0 Å². The second-order valence-corrected chi connectivity index (χ2v) is 7.88. The van der Waals surface area contributed by atoms with Gasteiger partial charge in [0.25, 0.3) is 5.91 Å². The molecule has 3 aromatic rings. The van der Waals surface area contributed by atoms with Crippen LogP contribution in [0.25, 0.3) is 10.9 Å². The number of nitrogens with zero attached hydrogens (tertiary/aromatic N) is 2. The fraction of sp³-hybridized carbons (Fsp3) is 0.292. The molecule has 2 heterocycles. The summed E-state index contributed by atoms with van der Waals surface area (Å²) >= 11 is 0. The number of rotatable bonds is 5. The molecule has 2 amide bonds. The first-order valence-electron chi connectivity index (χ1n) is 10.2. The van der Waals surface area contributed by atoms with Crippen molar-refractivity contribution in [1.82, 2.24) is 9.88 Å². The Hall–Kier alpha value is -3.41. The lowest BCUT2D eigenvalue weighted by Gasteiger charge is -2.28. The first-order chi connectivity index (χ1) is 14.4. The molecular formula is C24H25N3O3. The largest absolute Gasteiger partial charge is 0.348 e. The van der Waals surface area contributed by atoms with Crippen LogP contribution in [0.3, 0.4) is 0 Å². The van der Waals surface area contributed by atoms with Crippen LogP contribution in [0.5, 0.6) is 0 Å². The minimum atomic E-state index is -0.431. The van der Waals surface area contributed by atoms with Gasteiger partial charge in [-0.2, -0.15) is 0 Å². The zero-order valence-electron chi connectivity index (χ0n) is 17.5. The average Bonchev–Trinajstić information content (AvgIpc) is 2.73. The summed E-state index contributed by atoms with van der Waals surface area (Å²) in [5.41, 5.74) is 4.28. The normalized spacial score (nSPS) is 13.0. The number of carbonyl (C=O) groups excluding carboxylic acids is 2. The quantitative estimate of drug-likeness (QED) is 0.711. The number of hydrogen-bond acceptors (Lipinski definition) is 3. The number of aromatic nitrogens is 1. The van der Waals surface area contributed by atoms with Gasteiger partial charge in [-0.3, -0.25) is 14.4 Å². The first kappa shape index (κ1) is 19.9. The molecule has 0 saturated heterocycles. The third kappa shape index (κ3) is 3.49. The lowest BCUT2D eigenvalue weighted by Crippen LogP contribution is -2.37. The van der Waals surface area contributed by atoms with Gasteiger partial charge >= 0.3 is 0 Å². The third-order valence-corrected chi connectivity index (χ3v) is 5.61. The number of anilines is 1. The maximum atomic E-state index is 13.2. The number of amides is 2. The molecule has 0 spiro atoms. The topological polar surface area (TPSA) is 71.4 Å². The SMILES string of the molecule is CCCc1cc2c3c(c1)c(=O)c(C(=O)NCc1ccc(C)cc1)cn3CC(=O)N2C. The highest BCUT2D eigenvalue weighted by atomic mass is 16.2. The molecule has 1 aliphatic rings. The van der Waals surface area contributed by atoms with Crippen LogP contribution in [0.15, 0.2) is 47.4 Å². The van der Waals surface area contributed by atoms with Gasteiger partial charge in [0.2, 0.25) is 11.3 Å². The van der Waals surface area contributed by atoms with Gasteiger partial charge in [-0.25, -0.2) is 0 Å². The smallest absolute Gasteiger partial charge is 0.257 e. The van der Waals surface area contributed by atoms with Crippen molar-refractivity contribution in [1.29, 1.82) is 0 Å². The van der Waals surface area contributed by atoms with E-state index in [0.29, 0.717) is 17.4 Å². The maximum Gasteiger partial charge on any atom is 0.257 e. The molecule has 6 nitrogen and oxygen atoms in total. The molecule has 0 bridgehead atoms. The van der Waals surface area contributed by atoms with Crippen LogP contribution in [0.4, 0.5) is 5.69 Å². The van der Waals surface area contributed by atoms with E-state index < -0.39 is 5.91 Å². The van der Waals surface area contributed by atoms with E-state index in [1.165, 1.54) is 6.20 Å². The van der Waals surface area contributed by atoms with Gasteiger partial charge in [0.1, 0.15) is 12.1 Å². The molecule has 1 aromatic heterocycles. The molecule has 2 aromatic carbocycles. The monoisotopic (exact) mass is 403 g/mol. The van der Waals surface area contributed by atoms with Crippen molar-refractivity contribution in [2.75, 3.05) is 11.9 Å². The fourth-order valence-electron chi connectivity index (χ4n) is 3.92. The van der Waals surface area contributed by atoms with Crippen molar-refractivity contribution in [3.05, 3.63) is 75.1 Å². The lowest BCUT2D eigenvalue weighted by atomic mass is 10.0. The Morgan fingerprint density at radius 3 is 2.53 bits per heavy atom. The Morgan fingerprint density at radius 2 is 1.83 bits per heavy atom. The minimum absolute atomic E-state index is 0.0616. The molecule has 0 aliphatic carbocycles. The molecule has 30 heavy (non-hydrogen) atoms. The van der Waals surface area contributed by atoms with E-state index in [4.69, 9.17) is 0 Å². The van der Waals surface area contributed by atoms with Gasteiger partial charge in [-0.15, -0.1) is 0 Å². The van der Waals surface area contributed by atoms with Crippen LogP contribution in [0, 0.1) is 6.92 Å². The molecule has 1 aliphatic heterocycles. The number of benzene rings is 2. The molecule has 0 atom stereocenters. The van der Waals surface area contributed by atoms with Gasteiger partial charge < -0.3 is 14.8 Å². The Labute approximate surface area is 175 Å². The number of aryl methyl sites for hydroxylation is 2.